The van der Waals surface area contributed by atoms with E-state index in [0.29, 0.717) is 10.1 Å². The molecule has 3 aromatic rings. The van der Waals surface area contributed by atoms with E-state index in [1.165, 1.54) is 50.5 Å². The topological polar surface area (TPSA) is 214 Å². The van der Waals surface area contributed by atoms with Crippen molar-refractivity contribution in [3.05, 3.63) is 89.0 Å². The minimum absolute atomic E-state index is 0.132. The number of nitrogens with two attached hydrogens (primary N) is 1. The van der Waals surface area contributed by atoms with Gasteiger partial charge in [0.2, 0.25) is 6.23 Å². The summed E-state index contributed by atoms with van der Waals surface area (Å²) in [5.74, 6) is -4.45. The van der Waals surface area contributed by atoms with Gasteiger partial charge in [-0.1, -0.05) is 88.6 Å². The number of esters is 1. The van der Waals surface area contributed by atoms with Crippen LogP contribution in [0.3, 0.4) is 0 Å². The number of nitrogens with one attached hydrogen (secondary N) is 1. The van der Waals surface area contributed by atoms with Gasteiger partial charge in [-0.25, -0.2) is 13.7 Å². The molecule has 0 saturated carbocycles. The van der Waals surface area contributed by atoms with Gasteiger partial charge in [-0.05, 0) is 36.6 Å². The van der Waals surface area contributed by atoms with Crippen molar-refractivity contribution in [1.82, 2.24) is 14.6 Å². The fourth-order valence-corrected chi connectivity index (χ4v) is 7.65. The van der Waals surface area contributed by atoms with Crippen LogP contribution in [0, 0.1) is 5.92 Å². The third kappa shape index (κ3) is 12.3. The van der Waals surface area contributed by atoms with Crippen LogP contribution in [-0.2, 0) is 38.8 Å². The molecule has 4 N–H and O–H groups in total. The second kappa shape index (κ2) is 18.8. The third-order valence-corrected chi connectivity index (χ3v) is 11.0. The summed E-state index contributed by atoms with van der Waals surface area (Å²) in [6, 6.07) is 15.3. The molecule has 1 aromatic heterocycles. The van der Waals surface area contributed by atoms with E-state index in [-0.39, 0.29) is 18.2 Å². The van der Waals surface area contributed by atoms with Crippen molar-refractivity contribution in [2.75, 3.05) is 12.3 Å². The second-order valence-electron chi connectivity index (χ2n) is 11.4. The van der Waals surface area contributed by atoms with E-state index < -0.39 is 64.2 Å². The molecule has 1 aliphatic rings. The van der Waals surface area contributed by atoms with Gasteiger partial charge < -0.3 is 34.3 Å². The molecule has 0 radical (unpaired) electrons. The van der Waals surface area contributed by atoms with Gasteiger partial charge in [-0.2, -0.15) is 18.9 Å². The molecule has 0 spiro atoms. The summed E-state index contributed by atoms with van der Waals surface area (Å²) >= 11 is 0. The number of hydrogen-bond donors (Lipinski definition) is 3. The molecule has 0 aliphatic carbocycles. The number of aliphatic hydroxyl groups is 1. The lowest BCUT2D eigenvalue weighted by Crippen LogP contribution is -2.42. The lowest BCUT2D eigenvalue weighted by Gasteiger charge is -2.30. The molecule has 1 fully saturated rings. The van der Waals surface area contributed by atoms with Gasteiger partial charge in [0.15, 0.2) is 6.10 Å². The number of halogens is 2. The van der Waals surface area contributed by atoms with E-state index in [1.54, 1.807) is 36.4 Å². The van der Waals surface area contributed by atoms with E-state index >= 15 is 0 Å². The smallest absolute Gasteiger partial charge is 0.465 e. The Labute approximate surface area is 294 Å². The maximum atomic E-state index is 14.8. The molecule has 0 amide bonds. The average Bonchev–Trinajstić information content (AvgIpc) is 3.31. The summed E-state index contributed by atoms with van der Waals surface area (Å²) in [5, 5.41) is 12.3. The number of benzene rings is 2. The van der Waals surface area contributed by atoms with Crippen LogP contribution >= 0.6 is 15.6 Å². The average molecular weight is 760 g/mol. The number of phosphoric acid groups is 1. The van der Waals surface area contributed by atoms with Gasteiger partial charge in [0.1, 0.15) is 30.3 Å². The highest BCUT2D eigenvalue weighted by molar-refractivity contribution is 7.63. The van der Waals surface area contributed by atoms with Crippen LogP contribution in [0.25, 0.3) is 0 Å². The molecule has 282 valence electrons. The molecule has 4 rings (SSSR count). The van der Waals surface area contributed by atoms with Gasteiger partial charge >= 0.3 is 25.3 Å². The summed E-state index contributed by atoms with van der Waals surface area (Å²) < 4.78 is 81.0. The van der Waals surface area contributed by atoms with E-state index in [9.17, 15) is 37.5 Å². The third-order valence-electron chi connectivity index (χ3n) is 7.72. The van der Waals surface area contributed by atoms with Crippen molar-refractivity contribution in [2.45, 2.75) is 84.0 Å². The number of para-hydroxylation sites is 1. The quantitative estimate of drug-likeness (QED) is 0.130. The number of aliphatic hydroxyl groups excluding tert-OH is 1. The molecule has 1 aliphatic heterocycles. The maximum absolute atomic E-state index is 14.8. The highest BCUT2D eigenvalue weighted by atomic mass is 31.3. The normalized spacial score (nSPS) is 21.1. The fraction of sp³-hybridized carbons (Fsp3) is 0.469. The van der Waals surface area contributed by atoms with Crippen LogP contribution in [0.4, 0.5) is 14.6 Å². The summed E-state index contributed by atoms with van der Waals surface area (Å²) in [5.41, 5.74) is 4.79. The SMILES string of the molecule is CCC(CC)CC.C[C@H](NP(=O)(Oc1ccccc1)OP(=O)([O-])OC[C@H]1O[C@@H](n2ccc(N)nc2=O)C(F)(F)C1O)C(=O)OCc1ccccc1. The minimum Gasteiger partial charge on any atom is -0.756 e. The van der Waals surface area contributed by atoms with E-state index in [4.69, 9.17) is 24.0 Å². The number of alkyl halides is 2. The zero-order valence-electron chi connectivity index (χ0n) is 28.5. The predicted octanol–water partition coefficient (Wildman–Crippen LogP) is 4.96. The maximum Gasteiger partial charge on any atom is 0.465 e. The predicted molar refractivity (Wildman–Crippen MR) is 180 cm³/mol. The molecule has 19 heteroatoms. The Hall–Kier alpha value is -3.53. The van der Waals surface area contributed by atoms with Gasteiger partial charge in [0.25, 0.3) is 7.82 Å². The van der Waals surface area contributed by atoms with Crippen molar-refractivity contribution in [2.24, 2.45) is 5.92 Å². The zero-order chi connectivity index (χ0) is 37.8. The number of anilines is 1. The Morgan fingerprint density at radius 1 is 1.08 bits per heavy atom. The first-order valence-corrected chi connectivity index (χ1v) is 19.1. The van der Waals surface area contributed by atoms with Crippen LogP contribution in [0.5, 0.6) is 5.75 Å². The first-order valence-electron chi connectivity index (χ1n) is 16.1. The Kier molecular flexibility index (Phi) is 15.4. The van der Waals surface area contributed by atoms with E-state index in [2.05, 4.69) is 35.4 Å². The molecule has 6 atom stereocenters. The summed E-state index contributed by atoms with van der Waals surface area (Å²) in [6.45, 7) is 6.58. The number of carbonyl (C=O) groups excluding carboxylic acids is 1. The van der Waals surface area contributed by atoms with Crippen molar-refractivity contribution >= 4 is 27.4 Å². The van der Waals surface area contributed by atoms with Gasteiger partial charge in [-0.15, -0.1) is 0 Å². The number of hydrogen-bond acceptors (Lipinski definition) is 13. The summed E-state index contributed by atoms with van der Waals surface area (Å²) in [7, 11) is -10.7. The largest absolute Gasteiger partial charge is 0.756 e. The van der Waals surface area contributed by atoms with Crippen molar-refractivity contribution in [1.29, 1.82) is 0 Å². The minimum atomic E-state index is -5.72. The lowest BCUT2D eigenvalue weighted by atomic mass is 10.0. The first kappa shape index (κ1) is 41.9. The Bertz CT molecular complexity index is 1700. The molecule has 3 unspecified atom stereocenters. The molecule has 2 aromatic carbocycles. The highest BCUT2D eigenvalue weighted by Crippen LogP contribution is 2.58. The molecule has 1 saturated heterocycles. The van der Waals surface area contributed by atoms with Crippen LogP contribution in [0.2, 0.25) is 0 Å². The summed E-state index contributed by atoms with van der Waals surface area (Å²) in [6.07, 6.45) is -2.14. The molecule has 0 bridgehead atoms. The number of ether oxygens (including phenoxy) is 2. The highest BCUT2D eigenvalue weighted by Gasteiger charge is 2.60. The monoisotopic (exact) mass is 759 g/mol. The standard InChI is InChI=1S/C25H28F2N4O11P2.C7H16/c1-16(22(33)38-14-17-8-4-2-5-9-17)30-43(35,41-18-10-6-3-7-11-18)42-44(36,37)39-15-19-21(32)25(26,27)23(40-19)31-13-12-20(28)29-24(31)34;1-4-7(5-2)6-3/h2-13,16,19,21,23,32H,14-15H2,1H3,(H,30,35)(H,36,37)(H2,28,29,34);7H,4-6H2,1-3H3/p-1/t16-,19+,21?,23+,43?;/m0./s1. The van der Waals surface area contributed by atoms with Crippen LogP contribution < -0.4 is 25.9 Å². The number of nitrogen functional groups attached to an aromatic ring is 1. The molecule has 2 heterocycles. The first-order chi connectivity index (χ1) is 24.0. The number of nitrogens with zero attached hydrogens (tertiary/aromatic N) is 2. The van der Waals surface area contributed by atoms with Crippen LogP contribution in [0.15, 0.2) is 77.7 Å². The second-order valence-corrected chi connectivity index (χ2v) is 14.7. The number of aromatic nitrogens is 2. The Balaban J connectivity index is 0.000000908. The Morgan fingerprint density at radius 3 is 2.22 bits per heavy atom. The molecular weight excluding hydrogens is 716 g/mol. The molecule has 51 heavy (non-hydrogen) atoms. The van der Waals surface area contributed by atoms with Crippen LogP contribution in [-0.4, -0.2) is 51.4 Å². The van der Waals surface area contributed by atoms with Crippen molar-refractivity contribution < 1.29 is 55.5 Å². The number of phosphoric ester groups is 1. The van der Waals surface area contributed by atoms with Gasteiger partial charge in [-0.3, -0.25) is 13.9 Å². The van der Waals surface area contributed by atoms with Crippen LogP contribution in [0.1, 0.15) is 58.7 Å². The lowest BCUT2D eigenvalue weighted by molar-refractivity contribution is -0.220. The van der Waals surface area contributed by atoms with E-state index in [0.717, 1.165) is 18.2 Å². The number of carbonyl (C=O) groups is 1. The zero-order valence-corrected chi connectivity index (χ0v) is 30.3. The fourth-order valence-electron chi connectivity index (χ4n) is 4.73. The van der Waals surface area contributed by atoms with Gasteiger partial charge in [0, 0.05) is 6.20 Å². The van der Waals surface area contributed by atoms with Crippen molar-refractivity contribution in [3.8, 4) is 5.75 Å². The number of rotatable bonds is 16. The van der Waals surface area contributed by atoms with Gasteiger partial charge in [0.05, 0.1) is 6.61 Å². The molecular formula is C32H43F2N4O11P2-. The van der Waals surface area contributed by atoms with Crippen molar-refractivity contribution in [3.63, 3.8) is 0 Å². The summed E-state index contributed by atoms with van der Waals surface area (Å²) in [4.78, 5) is 40.7. The molecule has 15 nitrogen and oxygen atoms in total. The Morgan fingerprint density at radius 2 is 1.67 bits per heavy atom. The van der Waals surface area contributed by atoms with E-state index in [1.807, 2.05) is 0 Å².